The number of hydrogen-bond donors (Lipinski definition) is 1. The van der Waals surface area contributed by atoms with Gasteiger partial charge in [-0.15, -0.1) is 0 Å². The minimum atomic E-state index is -0.347. The van der Waals surface area contributed by atoms with Crippen LogP contribution in [-0.4, -0.2) is 4.98 Å². The van der Waals surface area contributed by atoms with Crippen molar-refractivity contribution in [3.05, 3.63) is 65.5 Å². The van der Waals surface area contributed by atoms with E-state index in [0.717, 1.165) is 11.1 Å². The van der Waals surface area contributed by atoms with Crippen molar-refractivity contribution in [3.63, 3.8) is 0 Å². The van der Waals surface area contributed by atoms with Gasteiger partial charge in [-0.2, -0.15) is 0 Å². The first-order valence-corrected chi connectivity index (χ1v) is 6.18. The number of aromatic nitrogens is 1. The van der Waals surface area contributed by atoms with Crippen LogP contribution in [0.15, 0.2) is 42.7 Å². The average Bonchev–Trinajstić information content (AvgIpc) is 2.39. The van der Waals surface area contributed by atoms with Crippen LogP contribution in [0.1, 0.15) is 37.1 Å². The lowest BCUT2D eigenvalue weighted by atomic mass is 10.1. The molecule has 2 nitrogen and oxygen atoms in total. The summed E-state index contributed by atoms with van der Waals surface area (Å²) in [6.07, 6.45) is 2.82. The van der Waals surface area contributed by atoms with Gasteiger partial charge in [0.2, 0.25) is 0 Å². The molecule has 0 radical (unpaired) electrons. The Morgan fingerprint density at radius 3 is 2.16 bits per heavy atom. The minimum Gasteiger partial charge on any atom is -0.304 e. The van der Waals surface area contributed by atoms with Gasteiger partial charge in [0.25, 0.3) is 0 Å². The predicted octanol–water partition coefficient (Wildman–Crippen LogP) is 3.77. The zero-order valence-electron chi connectivity index (χ0n) is 10.9. The highest BCUT2D eigenvalue weighted by molar-refractivity contribution is 5.21. The number of halogens is 2. The van der Waals surface area contributed by atoms with E-state index in [0.29, 0.717) is 0 Å². The van der Waals surface area contributed by atoms with Gasteiger partial charge in [0, 0.05) is 18.3 Å². The van der Waals surface area contributed by atoms with Gasteiger partial charge >= 0.3 is 0 Å². The van der Waals surface area contributed by atoms with E-state index in [1.54, 1.807) is 18.3 Å². The zero-order valence-corrected chi connectivity index (χ0v) is 10.9. The highest BCUT2D eigenvalue weighted by Gasteiger charge is 2.12. The van der Waals surface area contributed by atoms with Crippen LogP contribution in [0.2, 0.25) is 0 Å². The summed E-state index contributed by atoms with van der Waals surface area (Å²) in [6, 6.07) is 7.81. The molecule has 1 aromatic heterocycles. The van der Waals surface area contributed by atoms with Crippen LogP contribution in [0.3, 0.4) is 0 Å². The normalized spacial score (nSPS) is 14.1. The molecule has 2 atom stereocenters. The summed E-state index contributed by atoms with van der Waals surface area (Å²) in [6.45, 7) is 3.92. The lowest BCUT2D eigenvalue weighted by molar-refractivity contribution is 0.489. The lowest BCUT2D eigenvalue weighted by Crippen LogP contribution is -2.22. The summed E-state index contributed by atoms with van der Waals surface area (Å²) in [5.74, 6) is -0.598. The summed E-state index contributed by atoms with van der Waals surface area (Å²) in [5, 5.41) is 3.33. The van der Waals surface area contributed by atoms with Crippen molar-refractivity contribution in [2.24, 2.45) is 0 Å². The molecule has 2 rings (SSSR count). The van der Waals surface area contributed by atoms with E-state index in [9.17, 15) is 8.78 Å². The Morgan fingerprint density at radius 1 is 0.895 bits per heavy atom. The maximum absolute atomic E-state index is 13.1. The largest absolute Gasteiger partial charge is 0.304 e. The first-order chi connectivity index (χ1) is 9.06. The predicted molar refractivity (Wildman–Crippen MR) is 70.6 cm³/mol. The smallest absolute Gasteiger partial charge is 0.141 e. The Balaban J connectivity index is 2.06. The van der Waals surface area contributed by atoms with Crippen LogP contribution in [-0.2, 0) is 0 Å². The molecule has 0 fully saturated rings. The SMILES string of the molecule is CC(N[C@H](C)c1ccc(F)cc1)c1cncc(F)c1. The molecule has 19 heavy (non-hydrogen) atoms. The molecule has 100 valence electrons. The maximum atomic E-state index is 13.1. The number of rotatable bonds is 4. The third-order valence-corrected chi connectivity index (χ3v) is 3.10. The van der Waals surface area contributed by atoms with Gasteiger partial charge in [0.05, 0.1) is 6.20 Å². The van der Waals surface area contributed by atoms with Gasteiger partial charge in [-0.25, -0.2) is 8.78 Å². The number of nitrogens with zero attached hydrogens (tertiary/aromatic N) is 1. The first-order valence-electron chi connectivity index (χ1n) is 6.18. The molecule has 4 heteroatoms. The molecule has 0 aliphatic carbocycles. The summed E-state index contributed by atoms with van der Waals surface area (Å²) in [7, 11) is 0. The quantitative estimate of drug-likeness (QED) is 0.907. The van der Waals surface area contributed by atoms with Crippen LogP contribution in [0.5, 0.6) is 0 Å². The second-order valence-electron chi connectivity index (χ2n) is 4.60. The monoisotopic (exact) mass is 262 g/mol. The van der Waals surface area contributed by atoms with E-state index in [1.165, 1.54) is 24.4 Å². The van der Waals surface area contributed by atoms with Crippen LogP contribution in [0, 0.1) is 11.6 Å². The summed E-state index contributed by atoms with van der Waals surface area (Å²) < 4.78 is 26.0. The highest BCUT2D eigenvalue weighted by Crippen LogP contribution is 2.19. The number of hydrogen-bond acceptors (Lipinski definition) is 2. The van der Waals surface area contributed by atoms with Crippen LogP contribution < -0.4 is 5.32 Å². The summed E-state index contributed by atoms with van der Waals surface area (Å²) >= 11 is 0. The van der Waals surface area contributed by atoms with E-state index in [2.05, 4.69) is 10.3 Å². The molecule has 1 N–H and O–H groups in total. The molecule has 0 spiro atoms. The van der Waals surface area contributed by atoms with Gasteiger partial charge in [0.15, 0.2) is 0 Å². The van der Waals surface area contributed by atoms with Gasteiger partial charge in [-0.1, -0.05) is 12.1 Å². The highest BCUT2D eigenvalue weighted by atomic mass is 19.1. The van der Waals surface area contributed by atoms with Crippen molar-refractivity contribution >= 4 is 0 Å². The van der Waals surface area contributed by atoms with Crippen molar-refractivity contribution in [1.82, 2.24) is 10.3 Å². The van der Waals surface area contributed by atoms with E-state index < -0.39 is 0 Å². The Hall–Kier alpha value is -1.81. The third-order valence-electron chi connectivity index (χ3n) is 3.10. The van der Waals surface area contributed by atoms with Gasteiger partial charge < -0.3 is 5.32 Å². The van der Waals surface area contributed by atoms with Crippen LogP contribution >= 0.6 is 0 Å². The molecule has 0 amide bonds. The van der Waals surface area contributed by atoms with Crippen molar-refractivity contribution in [3.8, 4) is 0 Å². The van der Waals surface area contributed by atoms with Gasteiger partial charge in [-0.3, -0.25) is 4.98 Å². The van der Waals surface area contributed by atoms with Crippen molar-refractivity contribution in [1.29, 1.82) is 0 Å². The molecule has 0 aliphatic rings. The van der Waals surface area contributed by atoms with E-state index in [-0.39, 0.29) is 23.7 Å². The Bertz CT molecular complexity index is 540. The Kier molecular flexibility index (Phi) is 4.22. The molecule has 0 aliphatic heterocycles. The molecular formula is C15H16F2N2. The topological polar surface area (TPSA) is 24.9 Å². The standard InChI is InChI=1S/C15H16F2N2/c1-10(12-3-5-14(16)6-4-12)19-11(2)13-7-15(17)9-18-8-13/h3-11,19H,1-2H3/t10-,11?/m1/s1. The fraction of sp³-hybridized carbons (Fsp3) is 0.267. The second kappa shape index (κ2) is 5.89. The number of nitrogens with one attached hydrogen (secondary N) is 1. The molecule has 0 saturated carbocycles. The van der Waals surface area contributed by atoms with Crippen molar-refractivity contribution < 1.29 is 8.78 Å². The first kappa shape index (κ1) is 13.6. The lowest BCUT2D eigenvalue weighted by Gasteiger charge is -2.20. The molecule has 1 heterocycles. The summed E-state index contributed by atoms with van der Waals surface area (Å²) in [4.78, 5) is 3.83. The number of benzene rings is 1. The molecule has 2 aromatic rings. The summed E-state index contributed by atoms with van der Waals surface area (Å²) in [5.41, 5.74) is 1.77. The Labute approximate surface area is 111 Å². The van der Waals surface area contributed by atoms with Gasteiger partial charge in [0.1, 0.15) is 11.6 Å². The van der Waals surface area contributed by atoms with E-state index in [4.69, 9.17) is 0 Å². The number of pyridine rings is 1. The van der Waals surface area contributed by atoms with E-state index in [1.807, 2.05) is 13.8 Å². The third kappa shape index (κ3) is 3.58. The Morgan fingerprint density at radius 2 is 1.53 bits per heavy atom. The van der Waals surface area contributed by atoms with Crippen molar-refractivity contribution in [2.45, 2.75) is 25.9 Å². The average molecular weight is 262 g/mol. The second-order valence-corrected chi connectivity index (χ2v) is 4.60. The fourth-order valence-corrected chi connectivity index (χ4v) is 1.98. The molecule has 1 unspecified atom stereocenters. The van der Waals surface area contributed by atoms with Crippen molar-refractivity contribution in [2.75, 3.05) is 0 Å². The van der Waals surface area contributed by atoms with E-state index >= 15 is 0 Å². The molecule has 1 aromatic carbocycles. The fourth-order valence-electron chi connectivity index (χ4n) is 1.98. The zero-order chi connectivity index (χ0) is 13.8. The van der Waals surface area contributed by atoms with Crippen LogP contribution in [0.25, 0.3) is 0 Å². The van der Waals surface area contributed by atoms with Crippen LogP contribution in [0.4, 0.5) is 8.78 Å². The molecule has 0 saturated heterocycles. The van der Waals surface area contributed by atoms with Gasteiger partial charge in [-0.05, 0) is 43.2 Å². The minimum absolute atomic E-state index is 0.0387. The maximum Gasteiger partial charge on any atom is 0.141 e. The molecule has 0 bridgehead atoms. The molecular weight excluding hydrogens is 246 g/mol.